The van der Waals surface area contributed by atoms with Gasteiger partial charge in [-0.25, -0.2) is 22.5 Å². The highest BCUT2D eigenvalue weighted by atomic mass is 32.2. The van der Waals surface area contributed by atoms with E-state index in [1.54, 1.807) is 55.8 Å². The smallest absolute Gasteiger partial charge is 0.240 e. The van der Waals surface area contributed by atoms with Gasteiger partial charge in [0.05, 0.1) is 18.0 Å². The molecular formula is C27H30FN3O4S. The number of ether oxygens (including phenoxy) is 1. The van der Waals surface area contributed by atoms with Crippen LogP contribution in [0.4, 0.5) is 4.39 Å². The number of methoxy groups -OCH3 is 1. The van der Waals surface area contributed by atoms with Gasteiger partial charge in [-0.1, -0.05) is 24.3 Å². The molecule has 4 rings (SSSR count). The van der Waals surface area contributed by atoms with E-state index < -0.39 is 10.0 Å². The van der Waals surface area contributed by atoms with Crippen molar-refractivity contribution in [1.82, 2.24) is 15.0 Å². The molecule has 9 heteroatoms. The zero-order valence-corrected chi connectivity index (χ0v) is 21.1. The maximum Gasteiger partial charge on any atom is 0.240 e. The average Bonchev–Trinajstić information content (AvgIpc) is 2.89. The van der Waals surface area contributed by atoms with Crippen molar-refractivity contribution in [2.75, 3.05) is 7.11 Å². The molecule has 1 aliphatic carbocycles. The number of carbonyl (C=O) groups excluding carboxylic acids is 1. The number of carbonyl (C=O) groups is 1. The molecule has 1 fully saturated rings. The molecule has 0 saturated heterocycles. The molecular weight excluding hydrogens is 481 g/mol. The molecule has 2 aromatic carbocycles. The molecule has 1 saturated carbocycles. The highest BCUT2D eigenvalue weighted by Gasteiger charge is 2.29. The van der Waals surface area contributed by atoms with E-state index in [1.807, 2.05) is 13.0 Å². The standard InChI is InChI=1S/C27H30FN3O4S/c1-18(19-3-9-23(28)10-4-19)30-27(32)21-5-11-24(12-6-21)31-36(33,34)25-13-7-20(8-14-25)22-15-16-29-26(17-22)35-2/h3-4,7-10,13-18,21,24,31H,5-6,11-12H2,1-2H3,(H,30,32)/t18-,21-,24-/m1/s1. The summed E-state index contributed by atoms with van der Waals surface area (Å²) < 4.78 is 47.0. The van der Waals surface area contributed by atoms with Crippen LogP contribution in [-0.2, 0) is 14.8 Å². The van der Waals surface area contributed by atoms with Crippen LogP contribution in [-0.4, -0.2) is 32.5 Å². The summed E-state index contributed by atoms with van der Waals surface area (Å²) in [7, 11) is -2.14. The third-order valence-corrected chi connectivity index (χ3v) is 8.13. The van der Waals surface area contributed by atoms with Gasteiger partial charge in [-0.2, -0.15) is 0 Å². The summed E-state index contributed by atoms with van der Waals surface area (Å²) in [4.78, 5) is 17.0. The van der Waals surface area contributed by atoms with E-state index in [4.69, 9.17) is 4.74 Å². The number of halogens is 1. The Balaban J connectivity index is 1.31. The number of sulfonamides is 1. The van der Waals surface area contributed by atoms with Crippen LogP contribution in [0.15, 0.2) is 71.8 Å². The Bertz CT molecular complexity index is 1290. The van der Waals surface area contributed by atoms with Gasteiger partial charge in [0.2, 0.25) is 21.8 Å². The Labute approximate surface area is 211 Å². The topological polar surface area (TPSA) is 97.4 Å². The van der Waals surface area contributed by atoms with Crippen LogP contribution < -0.4 is 14.8 Å². The summed E-state index contributed by atoms with van der Waals surface area (Å²) >= 11 is 0. The number of nitrogens with zero attached hydrogens (tertiary/aromatic N) is 1. The van der Waals surface area contributed by atoms with Gasteiger partial charge in [0.25, 0.3) is 0 Å². The Morgan fingerprint density at radius 2 is 1.67 bits per heavy atom. The van der Waals surface area contributed by atoms with Crippen molar-refractivity contribution in [3.63, 3.8) is 0 Å². The van der Waals surface area contributed by atoms with E-state index in [0.717, 1.165) is 16.7 Å². The normalized spacial score (nSPS) is 18.9. The van der Waals surface area contributed by atoms with Crippen LogP contribution in [0.25, 0.3) is 11.1 Å². The predicted octanol–water partition coefficient (Wildman–Crippen LogP) is 4.61. The first-order valence-electron chi connectivity index (χ1n) is 11.9. The fourth-order valence-electron chi connectivity index (χ4n) is 4.45. The molecule has 36 heavy (non-hydrogen) atoms. The van der Waals surface area contributed by atoms with Gasteiger partial charge >= 0.3 is 0 Å². The number of pyridine rings is 1. The Morgan fingerprint density at radius 1 is 1.00 bits per heavy atom. The molecule has 1 aliphatic rings. The van der Waals surface area contributed by atoms with Gasteiger partial charge < -0.3 is 10.1 Å². The van der Waals surface area contributed by atoms with Crippen molar-refractivity contribution in [3.8, 4) is 17.0 Å². The van der Waals surface area contributed by atoms with Crippen LogP contribution in [0.3, 0.4) is 0 Å². The first-order chi connectivity index (χ1) is 17.2. The predicted molar refractivity (Wildman–Crippen MR) is 135 cm³/mol. The second-order valence-corrected chi connectivity index (χ2v) is 10.8. The van der Waals surface area contributed by atoms with Crippen molar-refractivity contribution in [3.05, 3.63) is 78.2 Å². The average molecular weight is 512 g/mol. The SMILES string of the molecule is COc1cc(-c2ccc(S(=O)(=O)N[C@H]3CC[C@H](C(=O)N[C@H](C)c4ccc(F)cc4)CC3)cc2)ccn1. The lowest BCUT2D eigenvalue weighted by Crippen LogP contribution is -2.41. The number of nitrogens with one attached hydrogen (secondary N) is 2. The largest absolute Gasteiger partial charge is 0.481 e. The van der Waals surface area contributed by atoms with Crippen LogP contribution in [0.2, 0.25) is 0 Å². The zero-order chi connectivity index (χ0) is 25.7. The quantitative estimate of drug-likeness (QED) is 0.460. The van der Waals surface area contributed by atoms with E-state index in [9.17, 15) is 17.6 Å². The second-order valence-electron chi connectivity index (χ2n) is 9.06. The minimum absolute atomic E-state index is 0.0588. The summed E-state index contributed by atoms with van der Waals surface area (Å²) in [5.41, 5.74) is 2.57. The van der Waals surface area contributed by atoms with Crippen molar-refractivity contribution in [1.29, 1.82) is 0 Å². The van der Waals surface area contributed by atoms with Crippen LogP contribution in [0, 0.1) is 11.7 Å². The molecule has 3 aromatic rings. The van der Waals surface area contributed by atoms with E-state index in [2.05, 4.69) is 15.0 Å². The zero-order valence-electron chi connectivity index (χ0n) is 20.3. The van der Waals surface area contributed by atoms with E-state index in [-0.39, 0.29) is 34.6 Å². The van der Waals surface area contributed by atoms with E-state index >= 15 is 0 Å². The number of rotatable bonds is 8. The molecule has 0 aliphatic heterocycles. The van der Waals surface area contributed by atoms with Crippen LogP contribution >= 0.6 is 0 Å². The van der Waals surface area contributed by atoms with Gasteiger partial charge in [0, 0.05) is 24.2 Å². The fourth-order valence-corrected chi connectivity index (χ4v) is 5.76. The van der Waals surface area contributed by atoms with Gasteiger partial charge in [0.1, 0.15) is 5.82 Å². The van der Waals surface area contributed by atoms with Crippen molar-refractivity contribution < 1.29 is 22.3 Å². The molecule has 7 nitrogen and oxygen atoms in total. The molecule has 190 valence electrons. The third kappa shape index (κ3) is 6.27. The third-order valence-electron chi connectivity index (χ3n) is 6.59. The number of benzene rings is 2. The molecule has 1 aromatic heterocycles. The number of amides is 1. The van der Waals surface area contributed by atoms with Crippen LogP contribution in [0.1, 0.15) is 44.2 Å². The maximum atomic E-state index is 13.1. The molecule has 0 unspecified atom stereocenters. The first kappa shape index (κ1) is 25.8. The van der Waals surface area contributed by atoms with Gasteiger partial charge in [-0.3, -0.25) is 4.79 Å². The molecule has 1 atom stereocenters. The summed E-state index contributed by atoms with van der Waals surface area (Å²) in [5.74, 6) is -0.0646. The summed E-state index contributed by atoms with van der Waals surface area (Å²) in [6.07, 6.45) is 3.99. The molecule has 0 spiro atoms. The number of hydrogen-bond acceptors (Lipinski definition) is 5. The lowest BCUT2D eigenvalue weighted by molar-refractivity contribution is -0.126. The molecule has 2 N–H and O–H groups in total. The Morgan fingerprint density at radius 3 is 2.31 bits per heavy atom. The Kier molecular flexibility index (Phi) is 8.01. The maximum absolute atomic E-state index is 13.1. The van der Waals surface area contributed by atoms with E-state index in [0.29, 0.717) is 31.6 Å². The minimum Gasteiger partial charge on any atom is -0.481 e. The molecule has 1 amide bonds. The monoisotopic (exact) mass is 511 g/mol. The summed E-state index contributed by atoms with van der Waals surface area (Å²) in [6.45, 7) is 1.86. The molecule has 1 heterocycles. The minimum atomic E-state index is -3.69. The van der Waals surface area contributed by atoms with Gasteiger partial charge in [-0.05, 0) is 79.6 Å². The first-order valence-corrected chi connectivity index (χ1v) is 13.4. The molecule has 0 radical (unpaired) electrons. The Hall–Kier alpha value is -3.30. The van der Waals surface area contributed by atoms with Gasteiger partial charge in [-0.15, -0.1) is 0 Å². The highest BCUT2D eigenvalue weighted by Crippen LogP contribution is 2.28. The van der Waals surface area contributed by atoms with Crippen molar-refractivity contribution in [2.24, 2.45) is 5.92 Å². The fraction of sp³-hybridized carbons (Fsp3) is 0.333. The summed E-state index contributed by atoms with van der Waals surface area (Å²) in [5, 5.41) is 2.99. The summed E-state index contributed by atoms with van der Waals surface area (Å²) in [6, 6.07) is 15.9. The second kappa shape index (κ2) is 11.2. The van der Waals surface area contributed by atoms with Gasteiger partial charge in [0.15, 0.2) is 0 Å². The van der Waals surface area contributed by atoms with Crippen molar-refractivity contribution in [2.45, 2.75) is 49.6 Å². The van der Waals surface area contributed by atoms with Crippen LogP contribution in [0.5, 0.6) is 5.88 Å². The number of hydrogen-bond donors (Lipinski definition) is 2. The van der Waals surface area contributed by atoms with E-state index in [1.165, 1.54) is 12.1 Å². The van der Waals surface area contributed by atoms with Crippen molar-refractivity contribution >= 4 is 15.9 Å². The number of aromatic nitrogens is 1. The highest BCUT2D eigenvalue weighted by molar-refractivity contribution is 7.89. The lowest BCUT2D eigenvalue weighted by atomic mass is 9.85. The molecule has 0 bridgehead atoms. The lowest BCUT2D eigenvalue weighted by Gasteiger charge is -2.29.